The van der Waals surface area contributed by atoms with Crippen molar-refractivity contribution in [3.05, 3.63) is 36.0 Å². The molecule has 3 heteroatoms. The molecule has 0 aliphatic carbocycles. The van der Waals surface area contributed by atoms with Crippen molar-refractivity contribution in [1.29, 1.82) is 0 Å². The van der Waals surface area contributed by atoms with Crippen molar-refractivity contribution in [3.8, 4) is 5.75 Å². The molecule has 0 unspecified atom stereocenters. The Balaban J connectivity index is 2.89. The van der Waals surface area contributed by atoms with E-state index < -0.39 is 0 Å². The Hall–Kier alpha value is -1.15. The van der Waals surface area contributed by atoms with E-state index in [1.54, 1.807) is 7.11 Å². The molecule has 1 N–H and O–H groups in total. The first kappa shape index (κ1) is 10.9. The molecule has 76 valence electrons. The molecule has 1 aromatic rings. The lowest BCUT2D eigenvalue weighted by molar-refractivity contribution is 0.415. The normalized spacial score (nSPS) is 9.64. The van der Waals surface area contributed by atoms with Crippen LogP contribution in [0.4, 0.5) is 5.69 Å². The minimum absolute atomic E-state index is 0.399. The van der Waals surface area contributed by atoms with E-state index in [0.717, 1.165) is 22.7 Å². The average molecular weight is 212 g/mol. The number of aryl methyl sites for hydroxylation is 1. The SMILES string of the molecule is C=C(CCl)Nc1cc(OC)ccc1C. The number of hydrogen-bond acceptors (Lipinski definition) is 2. The molecular weight excluding hydrogens is 198 g/mol. The first-order chi connectivity index (χ1) is 6.67. The lowest BCUT2D eigenvalue weighted by Crippen LogP contribution is -2.01. The standard InChI is InChI=1S/C11H14ClNO/c1-8-4-5-10(14-3)6-11(8)13-9(2)7-12/h4-6,13H,2,7H2,1,3H3. The second kappa shape index (κ2) is 4.91. The highest BCUT2D eigenvalue weighted by atomic mass is 35.5. The summed E-state index contributed by atoms with van der Waals surface area (Å²) in [5.41, 5.74) is 2.90. The molecule has 0 fully saturated rings. The van der Waals surface area contributed by atoms with Crippen LogP contribution >= 0.6 is 11.6 Å². The molecule has 0 bridgehead atoms. The fourth-order valence-corrected chi connectivity index (χ4v) is 1.15. The Morgan fingerprint density at radius 1 is 1.57 bits per heavy atom. The van der Waals surface area contributed by atoms with Gasteiger partial charge in [-0.25, -0.2) is 0 Å². The van der Waals surface area contributed by atoms with Crippen LogP contribution in [0, 0.1) is 6.92 Å². The second-order valence-electron chi connectivity index (χ2n) is 3.04. The van der Waals surface area contributed by atoms with Gasteiger partial charge in [-0.2, -0.15) is 0 Å². The summed E-state index contributed by atoms with van der Waals surface area (Å²) in [6.45, 7) is 5.80. The maximum Gasteiger partial charge on any atom is 0.120 e. The van der Waals surface area contributed by atoms with Crippen LogP contribution in [-0.2, 0) is 0 Å². The second-order valence-corrected chi connectivity index (χ2v) is 3.31. The van der Waals surface area contributed by atoms with E-state index in [2.05, 4.69) is 11.9 Å². The van der Waals surface area contributed by atoms with Gasteiger partial charge in [-0.3, -0.25) is 0 Å². The van der Waals surface area contributed by atoms with Gasteiger partial charge in [-0.05, 0) is 18.6 Å². The number of rotatable bonds is 4. The monoisotopic (exact) mass is 211 g/mol. The summed E-state index contributed by atoms with van der Waals surface area (Å²) in [6, 6.07) is 5.83. The summed E-state index contributed by atoms with van der Waals surface area (Å²) in [7, 11) is 1.64. The van der Waals surface area contributed by atoms with Gasteiger partial charge in [0.15, 0.2) is 0 Å². The summed E-state index contributed by atoms with van der Waals surface area (Å²) in [6.07, 6.45) is 0. The Labute approximate surface area is 89.5 Å². The van der Waals surface area contributed by atoms with Crippen LogP contribution in [0.25, 0.3) is 0 Å². The first-order valence-electron chi connectivity index (χ1n) is 4.32. The smallest absolute Gasteiger partial charge is 0.120 e. The van der Waals surface area contributed by atoms with Crippen molar-refractivity contribution in [3.63, 3.8) is 0 Å². The molecule has 0 aliphatic heterocycles. The number of allylic oxidation sites excluding steroid dienone is 1. The Kier molecular flexibility index (Phi) is 3.84. The summed E-state index contributed by atoms with van der Waals surface area (Å²) in [4.78, 5) is 0. The van der Waals surface area contributed by atoms with Crippen LogP contribution in [0.5, 0.6) is 5.75 Å². The number of benzene rings is 1. The van der Waals surface area contributed by atoms with Gasteiger partial charge >= 0.3 is 0 Å². The maximum atomic E-state index is 5.63. The average Bonchev–Trinajstić information content (AvgIpc) is 2.21. The van der Waals surface area contributed by atoms with Crippen LogP contribution in [0.2, 0.25) is 0 Å². The number of anilines is 1. The molecule has 0 atom stereocenters. The van der Waals surface area contributed by atoms with Crippen molar-refractivity contribution in [2.45, 2.75) is 6.92 Å². The number of alkyl halides is 1. The summed E-state index contributed by atoms with van der Waals surface area (Å²) in [5.74, 6) is 1.22. The maximum absolute atomic E-state index is 5.63. The molecule has 1 rings (SSSR count). The Morgan fingerprint density at radius 2 is 2.29 bits per heavy atom. The lowest BCUT2D eigenvalue weighted by Gasteiger charge is -2.11. The summed E-state index contributed by atoms with van der Waals surface area (Å²) >= 11 is 5.63. The van der Waals surface area contributed by atoms with Crippen molar-refractivity contribution < 1.29 is 4.74 Å². The Bertz CT molecular complexity index is 336. The van der Waals surface area contributed by atoms with Crippen molar-refractivity contribution >= 4 is 17.3 Å². The summed E-state index contributed by atoms with van der Waals surface area (Å²) in [5, 5.41) is 3.13. The minimum atomic E-state index is 0.399. The highest BCUT2D eigenvalue weighted by molar-refractivity contribution is 6.19. The molecular formula is C11H14ClNO. The van der Waals surface area contributed by atoms with E-state index in [1.165, 1.54) is 0 Å². The van der Waals surface area contributed by atoms with Gasteiger partial charge in [0.1, 0.15) is 5.75 Å². The minimum Gasteiger partial charge on any atom is -0.497 e. The molecule has 2 nitrogen and oxygen atoms in total. The van der Waals surface area contributed by atoms with Crippen LogP contribution < -0.4 is 10.1 Å². The third-order valence-corrected chi connectivity index (χ3v) is 2.24. The number of nitrogens with one attached hydrogen (secondary N) is 1. The number of halogens is 1. The zero-order valence-electron chi connectivity index (χ0n) is 8.43. The molecule has 0 spiro atoms. The van der Waals surface area contributed by atoms with Crippen LogP contribution in [0.15, 0.2) is 30.5 Å². The molecule has 0 amide bonds. The van der Waals surface area contributed by atoms with Gasteiger partial charge in [0, 0.05) is 17.5 Å². The van der Waals surface area contributed by atoms with E-state index in [-0.39, 0.29) is 0 Å². The van der Waals surface area contributed by atoms with Crippen LogP contribution in [-0.4, -0.2) is 13.0 Å². The van der Waals surface area contributed by atoms with Gasteiger partial charge in [0.25, 0.3) is 0 Å². The first-order valence-corrected chi connectivity index (χ1v) is 4.86. The fourth-order valence-electron chi connectivity index (χ4n) is 1.09. The van der Waals surface area contributed by atoms with Gasteiger partial charge in [-0.15, -0.1) is 11.6 Å². The Morgan fingerprint density at radius 3 is 2.86 bits per heavy atom. The van der Waals surface area contributed by atoms with Gasteiger partial charge in [0.05, 0.1) is 13.0 Å². The molecule has 0 aliphatic rings. The quantitative estimate of drug-likeness (QED) is 0.773. The number of hydrogen-bond donors (Lipinski definition) is 1. The van der Waals surface area contributed by atoms with Gasteiger partial charge in [-0.1, -0.05) is 12.6 Å². The zero-order chi connectivity index (χ0) is 10.6. The third kappa shape index (κ3) is 2.67. The highest BCUT2D eigenvalue weighted by Crippen LogP contribution is 2.22. The largest absolute Gasteiger partial charge is 0.497 e. The van der Waals surface area contributed by atoms with Crippen molar-refractivity contribution in [1.82, 2.24) is 0 Å². The summed E-state index contributed by atoms with van der Waals surface area (Å²) < 4.78 is 5.12. The molecule has 0 aromatic heterocycles. The van der Waals surface area contributed by atoms with Crippen molar-refractivity contribution in [2.24, 2.45) is 0 Å². The predicted molar refractivity (Wildman–Crippen MR) is 61.2 cm³/mol. The number of methoxy groups -OCH3 is 1. The van der Waals surface area contributed by atoms with E-state index in [9.17, 15) is 0 Å². The molecule has 1 aromatic carbocycles. The van der Waals surface area contributed by atoms with Gasteiger partial charge in [0.2, 0.25) is 0 Å². The van der Waals surface area contributed by atoms with Crippen LogP contribution in [0.3, 0.4) is 0 Å². The molecule has 14 heavy (non-hydrogen) atoms. The lowest BCUT2D eigenvalue weighted by atomic mass is 10.2. The van der Waals surface area contributed by atoms with E-state index in [4.69, 9.17) is 16.3 Å². The van der Waals surface area contributed by atoms with Crippen molar-refractivity contribution in [2.75, 3.05) is 18.3 Å². The fraction of sp³-hybridized carbons (Fsp3) is 0.273. The zero-order valence-corrected chi connectivity index (χ0v) is 9.19. The number of ether oxygens (including phenoxy) is 1. The highest BCUT2D eigenvalue weighted by Gasteiger charge is 2.01. The van der Waals surface area contributed by atoms with E-state index in [1.807, 2.05) is 25.1 Å². The third-order valence-electron chi connectivity index (χ3n) is 1.92. The van der Waals surface area contributed by atoms with E-state index >= 15 is 0 Å². The molecule has 0 saturated carbocycles. The van der Waals surface area contributed by atoms with E-state index in [0.29, 0.717) is 5.88 Å². The van der Waals surface area contributed by atoms with Gasteiger partial charge < -0.3 is 10.1 Å². The molecule has 0 saturated heterocycles. The topological polar surface area (TPSA) is 21.3 Å². The molecule has 0 heterocycles. The predicted octanol–water partition coefficient (Wildman–Crippen LogP) is 3.17. The molecule has 0 radical (unpaired) electrons. The van der Waals surface area contributed by atoms with Crippen LogP contribution in [0.1, 0.15) is 5.56 Å².